The number of amides is 1. The highest BCUT2D eigenvalue weighted by Crippen LogP contribution is 2.12. The number of hydrogen-bond donors (Lipinski definition) is 4. The van der Waals surface area contributed by atoms with Crippen LogP contribution in [0.25, 0.3) is 23.3 Å². The van der Waals surface area contributed by atoms with Gasteiger partial charge in [-0.25, -0.2) is 18.4 Å². The van der Waals surface area contributed by atoms with Crippen LogP contribution in [0.15, 0.2) is 77.8 Å². The third kappa shape index (κ3) is 5.96. The molecule has 4 N–H and O–H groups in total. The molecule has 0 radical (unpaired) electrons. The summed E-state index contributed by atoms with van der Waals surface area (Å²) in [6, 6.07) is 16.2. The number of carbonyl (C=O) groups excluding carboxylic acids is 1. The smallest absolute Gasteiger partial charge is 0.323 e. The highest BCUT2D eigenvalue weighted by Gasteiger charge is 2.26. The zero-order chi connectivity index (χ0) is 24.8. The van der Waals surface area contributed by atoms with Crippen molar-refractivity contribution in [3.63, 3.8) is 0 Å². The second-order valence-corrected chi connectivity index (χ2v) is 9.20. The van der Waals surface area contributed by atoms with Crippen molar-refractivity contribution in [2.45, 2.75) is 10.9 Å². The van der Waals surface area contributed by atoms with Gasteiger partial charge in [0.25, 0.3) is 5.91 Å². The van der Waals surface area contributed by atoms with Gasteiger partial charge in [0, 0.05) is 18.3 Å². The van der Waals surface area contributed by atoms with Crippen molar-refractivity contribution in [3.05, 3.63) is 89.9 Å². The molecule has 1 amide bonds. The zero-order valence-electron chi connectivity index (χ0n) is 18.3. The summed E-state index contributed by atoms with van der Waals surface area (Å²) in [4.78, 5) is 35.6. The lowest BCUT2D eigenvalue weighted by Gasteiger charge is -2.15. The van der Waals surface area contributed by atoms with E-state index < -0.39 is 34.5 Å². The molecular weight excluding hydrogens is 470 g/mol. The molecule has 0 unspecified atom stereocenters. The molecule has 10 nitrogen and oxygen atoms in total. The lowest BCUT2D eigenvalue weighted by atomic mass is 10.1. The summed E-state index contributed by atoms with van der Waals surface area (Å²) < 4.78 is 26.9. The first-order valence-electron chi connectivity index (χ1n) is 10.5. The fraction of sp³-hybridized carbons (Fsp3) is 0.0833. The van der Waals surface area contributed by atoms with Crippen molar-refractivity contribution >= 4 is 45.2 Å². The Balaban J connectivity index is 1.36. The lowest BCUT2D eigenvalue weighted by Crippen LogP contribution is -2.48. The first-order chi connectivity index (χ1) is 16.8. The first kappa shape index (κ1) is 23.8. The number of aromatic amines is 1. The maximum Gasteiger partial charge on any atom is 0.323 e. The van der Waals surface area contributed by atoms with Crippen LogP contribution in [0.5, 0.6) is 0 Å². The molecule has 4 aromatic rings. The normalized spacial score (nSPS) is 12.6. The lowest BCUT2D eigenvalue weighted by molar-refractivity contribution is -0.138. The molecule has 2 heterocycles. The van der Waals surface area contributed by atoms with Crippen LogP contribution in [0, 0.1) is 0 Å². The Bertz CT molecular complexity index is 1450. The third-order valence-electron chi connectivity index (χ3n) is 5.00. The number of sulfonamides is 1. The van der Waals surface area contributed by atoms with Crippen molar-refractivity contribution in [3.8, 4) is 0 Å². The Morgan fingerprint density at radius 1 is 1.00 bits per heavy atom. The van der Waals surface area contributed by atoms with E-state index in [1.165, 1.54) is 24.3 Å². The van der Waals surface area contributed by atoms with Crippen molar-refractivity contribution < 1.29 is 23.1 Å². The monoisotopic (exact) mass is 491 g/mol. The largest absolute Gasteiger partial charge is 0.480 e. The molecule has 11 heteroatoms. The fourth-order valence-electron chi connectivity index (χ4n) is 3.19. The molecule has 35 heavy (non-hydrogen) atoms. The van der Waals surface area contributed by atoms with Crippen LogP contribution in [0.3, 0.4) is 0 Å². The number of imidazole rings is 1. The number of rotatable bonds is 9. The fourth-order valence-corrected chi connectivity index (χ4v) is 4.40. The predicted molar refractivity (Wildman–Crippen MR) is 130 cm³/mol. The standard InChI is InChI=1S/C24H21N5O5S/c30-23(26-15-20(24(31)32)29-35(33,34)18-5-2-1-3-6-18)17-11-8-16(9-12-17)10-13-21-27-19-7-4-14-25-22(19)28-21/h1-14,20,29H,15H2,(H,26,30)(H,31,32)(H,25,27,28)/t20-/m0/s1. The van der Waals surface area contributed by atoms with Crippen LogP contribution in [0.1, 0.15) is 21.7 Å². The molecule has 178 valence electrons. The van der Waals surface area contributed by atoms with Gasteiger partial charge < -0.3 is 15.4 Å². The Morgan fingerprint density at radius 3 is 2.43 bits per heavy atom. The van der Waals surface area contributed by atoms with Crippen molar-refractivity contribution in [1.29, 1.82) is 0 Å². The number of benzene rings is 2. The Morgan fingerprint density at radius 2 is 1.74 bits per heavy atom. The van der Waals surface area contributed by atoms with Gasteiger partial charge in [-0.2, -0.15) is 4.72 Å². The molecule has 4 rings (SSSR count). The summed E-state index contributed by atoms with van der Waals surface area (Å²) in [6.07, 6.45) is 5.27. The molecule has 0 aliphatic rings. The molecule has 0 aliphatic heterocycles. The van der Waals surface area contributed by atoms with Gasteiger partial charge >= 0.3 is 5.97 Å². The van der Waals surface area contributed by atoms with E-state index in [2.05, 4.69) is 25.0 Å². The number of carboxylic acids is 1. The number of carbonyl (C=O) groups is 2. The summed E-state index contributed by atoms with van der Waals surface area (Å²) in [5, 5.41) is 11.9. The molecule has 0 saturated carbocycles. The molecule has 0 spiro atoms. The Kier molecular flexibility index (Phi) is 6.99. The molecule has 0 bridgehead atoms. The maximum absolute atomic E-state index is 12.5. The van der Waals surface area contributed by atoms with E-state index in [4.69, 9.17) is 0 Å². The summed E-state index contributed by atoms with van der Waals surface area (Å²) in [5.41, 5.74) is 2.55. The second kappa shape index (κ2) is 10.3. The van der Waals surface area contributed by atoms with Gasteiger partial charge in [0.2, 0.25) is 10.0 Å². The van der Waals surface area contributed by atoms with Gasteiger partial charge in [0.15, 0.2) is 5.65 Å². The van der Waals surface area contributed by atoms with Crippen LogP contribution in [-0.4, -0.2) is 52.9 Å². The van der Waals surface area contributed by atoms with E-state index >= 15 is 0 Å². The Labute approximate surface area is 200 Å². The van der Waals surface area contributed by atoms with E-state index in [0.717, 1.165) is 11.1 Å². The second-order valence-electron chi connectivity index (χ2n) is 7.49. The topological polar surface area (TPSA) is 154 Å². The minimum atomic E-state index is -4.06. The number of carboxylic acid groups (broad SMARTS) is 1. The van der Waals surface area contributed by atoms with Crippen LogP contribution >= 0.6 is 0 Å². The summed E-state index contributed by atoms with van der Waals surface area (Å²) in [5.74, 6) is -1.31. The van der Waals surface area contributed by atoms with Crippen molar-refractivity contribution in [1.82, 2.24) is 25.0 Å². The summed E-state index contributed by atoms with van der Waals surface area (Å²) in [6.45, 7) is -0.429. The van der Waals surface area contributed by atoms with E-state index in [-0.39, 0.29) is 4.90 Å². The molecule has 1 atom stereocenters. The van der Waals surface area contributed by atoms with Gasteiger partial charge in [-0.3, -0.25) is 9.59 Å². The number of pyridine rings is 1. The minimum Gasteiger partial charge on any atom is -0.480 e. The van der Waals surface area contributed by atoms with Gasteiger partial charge in [-0.1, -0.05) is 36.4 Å². The summed E-state index contributed by atoms with van der Waals surface area (Å²) >= 11 is 0. The number of hydrogen-bond acceptors (Lipinski definition) is 6. The molecule has 2 aromatic heterocycles. The number of fused-ring (bicyclic) bond motifs is 1. The van der Waals surface area contributed by atoms with Gasteiger partial charge in [-0.15, -0.1) is 0 Å². The van der Waals surface area contributed by atoms with E-state index in [9.17, 15) is 23.1 Å². The zero-order valence-corrected chi connectivity index (χ0v) is 19.1. The van der Waals surface area contributed by atoms with Gasteiger partial charge in [-0.05, 0) is 48.0 Å². The maximum atomic E-state index is 12.5. The van der Waals surface area contributed by atoms with Crippen molar-refractivity contribution in [2.75, 3.05) is 6.54 Å². The summed E-state index contributed by atoms with van der Waals surface area (Å²) in [7, 11) is -4.06. The number of aliphatic carboxylic acids is 1. The quantitative estimate of drug-likeness (QED) is 0.280. The Hall–Kier alpha value is -4.35. The number of H-pyrrole nitrogens is 1. The van der Waals surface area contributed by atoms with Crippen LogP contribution in [-0.2, 0) is 14.8 Å². The molecule has 0 fully saturated rings. The SMILES string of the molecule is O=C(NC[C@H](NS(=O)(=O)c1ccccc1)C(=O)O)c1ccc(C=Cc2nc3ncccc3[nH]2)cc1. The van der Waals surface area contributed by atoms with Gasteiger partial charge in [0.1, 0.15) is 11.9 Å². The van der Waals surface area contributed by atoms with Crippen molar-refractivity contribution in [2.24, 2.45) is 0 Å². The van der Waals surface area contributed by atoms with E-state index in [1.807, 2.05) is 18.2 Å². The van der Waals surface area contributed by atoms with Crippen LogP contribution in [0.4, 0.5) is 0 Å². The minimum absolute atomic E-state index is 0.0693. The molecule has 0 saturated heterocycles. The highest BCUT2D eigenvalue weighted by atomic mass is 32.2. The first-order valence-corrected chi connectivity index (χ1v) is 12.0. The van der Waals surface area contributed by atoms with E-state index in [1.54, 1.807) is 42.6 Å². The van der Waals surface area contributed by atoms with Crippen LogP contribution < -0.4 is 10.0 Å². The molecule has 0 aliphatic carbocycles. The van der Waals surface area contributed by atoms with Gasteiger partial charge in [0.05, 0.1) is 10.4 Å². The third-order valence-corrected chi connectivity index (χ3v) is 6.49. The van der Waals surface area contributed by atoms with Crippen LogP contribution in [0.2, 0.25) is 0 Å². The average molecular weight is 492 g/mol. The predicted octanol–water partition coefficient (Wildman–Crippen LogP) is 2.29. The molecule has 2 aromatic carbocycles. The average Bonchev–Trinajstić information content (AvgIpc) is 3.29. The number of nitrogens with zero attached hydrogens (tertiary/aromatic N) is 2. The molecular formula is C24H21N5O5S. The van der Waals surface area contributed by atoms with E-state index in [0.29, 0.717) is 17.0 Å². The number of aromatic nitrogens is 3. The highest BCUT2D eigenvalue weighted by molar-refractivity contribution is 7.89. The number of nitrogens with one attached hydrogen (secondary N) is 3.